The average Bonchev–Trinajstić information content (AvgIpc) is 3.20. The Labute approximate surface area is 165 Å². The predicted molar refractivity (Wildman–Crippen MR) is 104 cm³/mol. The zero-order valence-electron chi connectivity index (χ0n) is 15.6. The highest BCUT2D eigenvalue weighted by Gasteiger charge is 2.21. The van der Waals surface area contributed by atoms with Gasteiger partial charge in [-0.05, 0) is 27.7 Å². The fourth-order valence-electron chi connectivity index (χ4n) is 2.10. The molecule has 0 aliphatic heterocycles. The van der Waals surface area contributed by atoms with Gasteiger partial charge in [-0.3, -0.25) is 9.59 Å². The van der Waals surface area contributed by atoms with Crippen LogP contribution in [-0.2, 0) is 9.59 Å². The number of anilines is 1. The van der Waals surface area contributed by atoms with Crippen molar-refractivity contribution >= 4 is 41.2 Å². The number of nitrogens with two attached hydrogens (primary N) is 1. The van der Waals surface area contributed by atoms with Crippen molar-refractivity contribution in [3.05, 3.63) is 11.8 Å². The van der Waals surface area contributed by atoms with E-state index in [1.165, 1.54) is 16.4 Å². The average molecular weight is 414 g/mol. The Morgan fingerprint density at radius 2 is 2.00 bits per heavy atom. The van der Waals surface area contributed by atoms with Gasteiger partial charge < -0.3 is 20.6 Å². The second-order valence-electron chi connectivity index (χ2n) is 5.56. The van der Waals surface area contributed by atoms with Crippen LogP contribution in [0.15, 0.2) is 20.9 Å². The Kier molecular flexibility index (Phi) is 7.54. The Balaban J connectivity index is 1.92. The molecule has 2 aromatic heterocycles. The van der Waals surface area contributed by atoms with Crippen LogP contribution in [0, 0.1) is 6.92 Å². The molecule has 0 radical (unpaired) electrons. The summed E-state index contributed by atoms with van der Waals surface area (Å²) in [4.78, 5) is 26.0. The van der Waals surface area contributed by atoms with Crippen molar-refractivity contribution in [3.63, 3.8) is 0 Å². The first-order chi connectivity index (χ1) is 12.8. The van der Waals surface area contributed by atoms with Gasteiger partial charge in [-0.2, -0.15) is 0 Å². The molecule has 0 spiro atoms. The van der Waals surface area contributed by atoms with Crippen molar-refractivity contribution in [2.24, 2.45) is 0 Å². The van der Waals surface area contributed by atoms with Crippen molar-refractivity contribution in [1.29, 1.82) is 0 Å². The SMILES string of the molecule is CCN(CC)C(=O)CSc1nnc(S[C@@H](C)C(=O)Nc2cc(C)on2)n1N. The number of hydrogen-bond acceptors (Lipinski definition) is 9. The molecular formula is C15H23N7O3S2. The lowest BCUT2D eigenvalue weighted by Crippen LogP contribution is -2.32. The number of carbonyl (C=O) groups excluding carboxylic acids is 2. The maximum absolute atomic E-state index is 12.2. The minimum Gasteiger partial charge on any atom is -0.360 e. The van der Waals surface area contributed by atoms with Crippen molar-refractivity contribution in [3.8, 4) is 0 Å². The minimum absolute atomic E-state index is 0.0119. The van der Waals surface area contributed by atoms with E-state index in [1.807, 2.05) is 13.8 Å². The molecule has 0 bridgehead atoms. The number of aromatic nitrogens is 4. The number of nitrogens with one attached hydrogen (secondary N) is 1. The second-order valence-corrected chi connectivity index (χ2v) is 7.81. The number of carbonyl (C=O) groups is 2. The fourth-order valence-corrected chi connectivity index (χ4v) is 3.69. The van der Waals surface area contributed by atoms with Crippen LogP contribution in [0.3, 0.4) is 0 Å². The molecule has 2 heterocycles. The summed E-state index contributed by atoms with van der Waals surface area (Å²) in [6.45, 7) is 8.63. The minimum atomic E-state index is -0.483. The van der Waals surface area contributed by atoms with Gasteiger partial charge in [-0.15, -0.1) is 10.2 Å². The van der Waals surface area contributed by atoms with Crippen molar-refractivity contribution < 1.29 is 14.1 Å². The van der Waals surface area contributed by atoms with Gasteiger partial charge in [0.15, 0.2) is 5.82 Å². The number of amides is 2. The van der Waals surface area contributed by atoms with E-state index in [0.29, 0.717) is 35.0 Å². The predicted octanol–water partition coefficient (Wildman–Crippen LogP) is 1.37. The highest BCUT2D eigenvalue weighted by molar-refractivity contribution is 8.00. The first kappa shape index (κ1) is 21.1. The number of nitrogens with zero attached hydrogens (tertiary/aromatic N) is 5. The van der Waals surface area contributed by atoms with Gasteiger partial charge in [0, 0.05) is 19.2 Å². The van der Waals surface area contributed by atoms with Gasteiger partial charge in [-0.25, -0.2) is 4.68 Å². The summed E-state index contributed by atoms with van der Waals surface area (Å²) in [5.74, 6) is 6.93. The number of nitrogen functional groups attached to an aromatic ring is 1. The Hall–Kier alpha value is -2.21. The smallest absolute Gasteiger partial charge is 0.238 e. The van der Waals surface area contributed by atoms with Crippen LogP contribution in [0.2, 0.25) is 0 Å². The molecule has 27 heavy (non-hydrogen) atoms. The topological polar surface area (TPSA) is 132 Å². The van der Waals surface area contributed by atoms with Crippen LogP contribution in [-0.4, -0.2) is 60.8 Å². The molecule has 0 aromatic carbocycles. The monoisotopic (exact) mass is 413 g/mol. The Bertz CT molecular complexity index is 788. The number of rotatable bonds is 9. The van der Waals surface area contributed by atoms with Crippen LogP contribution in [0.1, 0.15) is 26.5 Å². The summed E-state index contributed by atoms with van der Waals surface area (Å²) < 4.78 is 6.20. The maximum atomic E-state index is 12.2. The molecule has 148 valence electrons. The molecule has 0 fully saturated rings. The van der Waals surface area contributed by atoms with E-state index in [4.69, 9.17) is 10.4 Å². The molecule has 10 nitrogen and oxygen atoms in total. The van der Waals surface area contributed by atoms with Crippen LogP contribution in [0.4, 0.5) is 5.82 Å². The van der Waals surface area contributed by atoms with Gasteiger partial charge in [0.1, 0.15) is 5.76 Å². The highest BCUT2D eigenvalue weighted by atomic mass is 32.2. The largest absolute Gasteiger partial charge is 0.360 e. The molecule has 12 heteroatoms. The second kappa shape index (κ2) is 9.65. The zero-order valence-corrected chi connectivity index (χ0v) is 17.3. The summed E-state index contributed by atoms with van der Waals surface area (Å²) in [5, 5.41) is 14.7. The summed E-state index contributed by atoms with van der Waals surface area (Å²) in [7, 11) is 0. The first-order valence-corrected chi connectivity index (χ1v) is 10.2. The van der Waals surface area contributed by atoms with Crippen molar-refractivity contribution in [2.75, 3.05) is 30.0 Å². The van der Waals surface area contributed by atoms with Crippen LogP contribution < -0.4 is 11.2 Å². The molecule has 2 rings (SSSR count). The summed E-state index contributed by atoms with van der Waals surface area (Å²) >= 11 is 2.37. The van der Waals surface area contributed by atoms with Crippen LogP contribution in [0.25, 0.3) is 0 Å². The number of thioether (sulfide) groups is 2. The van der Waals surface area contributed by atoms with Gasteiger partial charge in [0.2, 0.25) is 22.1 Å². The Morgan fingerprint density at radius 1 is 1.33 bits per heavy atom. The lowest BCUT2D eigenvalue weighted by atomic mass is 10.4. The van der Waals surface area contributed by atoms with E-state index in [0.717, 1.165) is 11.8 Å². The van der Waals surface area contributed by atoms with Gasteiger partial charge >= 0.3 is 0 Å². The van der Waals surface area contributed by atoms with E-state index < -0.39 is 5.25 Å². The maximum Gasteiger partial charge on any atom is 0.238 e. The van der Waals surface area contributed by atoms with Gasteiger partial charge in [0.05, 0.1) is 11.0 Å². The van der Waals surface area contributed by atoms with Crippen molar-refractivity contribution in [2.45, 2.75) is 43.3 Å². The quantitative estimate of drug-likeness (QED) is 0.462. The molecule has 2 amide bonds. The third-order valence-corrected chi connectivity index (χ3v) is 5.59. The summed E-state index contributed by atoms with van der Waals surface area (Å²) in [6.07, 6.45) is 0. The van der Waals surface area contributed by atoms with E-state index in [1.54, 1.807) is 24.8 Å². The third kappa shape index (κ3) is 5.63. The lowest BCUT2D eigenvalue weighted by Gasteiger charge is -2.17. The van der Waals surface area contributed by atoms with Gasteiger partial charge in [0.25, 0.3) is 0 Å². The molecule has 3 N–H and O–H groups in total. The molecule has 0 saturated carbocycles. The van der Waals surface area contributed by atoms with E-state index in [2.05, 4.69) is 20.7 Å². The van der Waals surface area contributed by atoms with Gasteiger partial charge in [-0.1, -0.05) is 28.7 Å². The van der Waals surface area contributed by atoms with Crippen LogP contribution >= 0.6 is 23.5 Å². The molecule has 2 aromatic rings. The molecule has 0 unspecified atom stereocenters. The zero-order chi connectivity index (χ0) is 20.0. The van der Waals surface area contributed by atoms with E-state index in [-0.39, 0.29) is 17.6 Å². The molecule has 0 aliphatic rings. The van der Waals surface area contributed by atoms with E-state index in [9.17, 15) is 9.59 Å². The standard InChI is InChI=1S/C15H23N7O3S2/c1-5-21(6-2)12(23)8-26-14-18-19-15(22(14)16)27-10(4)13(24)17-11-7-9(3)25-20-11/h7,10H,5-6,8,16H2,1-4H3,(H,17,20,24)/t10-/m0/s1. The summed E-state index contributed by atoms with van der Waals surface area (Å²) in [6, 6.07) is 1.63. The molecule has 0 saturated heterocycles. The Morgan fingerprint density at radius 3 is 2.59 bits per heavy atom. The highest BCUT2D eigenvalue weighted by Crippen LogP contribution is 2.25. The lowest BCUT2D eigenvalue weighted by molar-refractivity contribution is -0.128. The fraction of sp³-hybridized carbons (Fsp3) is 0.533. The third-order valence-electron chi connectivity index (χ3n) is 3.60. The summed E-state index contributed by atoms with van der Waals surface area (Å²) in [5.41, 5.74) is 0. The van der Waals surface area contributed by atoms with Crippen LogP contribution in [0.5, 0.6) is 0 Å². The van der Waals surface area contributed by atoms with E-state index >= 15 is 0 Å². The molecule has 0 aliphatic carbocycles. The number of aryl methyl sites for hydroxylation is 1. The molecule has 1 atom stereocenters. The normalized spacial score (nSPS) is 12.0. The number of hydrogen-bond donors (Lipinski definition) is 2. The van der Waals surface area contributed by atoms with Crippen molar-refractivity contribution in [1.82, 2.24) is 24.9 Å². The first-order valence-electron chi connectivity index (χ1n) is 8.37. The molecular weight excluding hydrogens is 390 g/mol.